The van der Waals surface area contributed by atoms with Gasteiger partial charge in [-0.15, -0.1) is 0 Å². The van der Waals surface area contributed by atoms with E-state index in [9.17, 15) is 8.42 Å². The maximum Gasteiger partial charge on any atom is 0.279 e. The molecule has 0 saturated heterocycles. The van der Waals surface area contributed by atoms with Crippen LogP contribution in [-0.4, -0.2) is 23.7 Å². The van der Waals surface area contributed by atoms with E-state index in [1.165, 1.54) is 6.20 Å². The first-order chi connectivity index (χ1) is 9.35. The van der Waals surface area contributed by atoms with Crippen LogP contribution in [0.15, 0.2) is 36.8 Å². The number of benzene rings is 1. The first-order valence-electron chi connectivity index (χ1n) is 5.15. The van der Waals surface area contributed by atoms with Crippen molar-refractivity contribution in [2.45, 2.75) is 11.6 Å². The van der Waals surface area contributed by atoms with Crippen molar-refractivity contribution in [1.82, 2.24) is 10.2 Å². The Morgan fingerprint density at radius 3 is 2.40 bits per heavy atom. The minimum Gasteiger partial charge on any atom is -0.392 e. The van der Waals surface area contributed by atoms with E-state index in [1.807, 2.05) is 0 Å². The van der Waals surface area contributed by atoms with E-state index in [-0.39, 0.29) is 10.6 Å². The van der Waals surface area contributed by atoms with Crippen LogP contribution in [0.2, 0.25) is 0 Å². The van der Waals surface area contributed by atoms with Crippen LogP contribution in [0.4, 0.5) is 5.69 Å². The number of halogens is 3. The Balaban J connectivity index is 2.44. The Morgan fingerprint density at radius 2 is 1.85 bits per heavy atom. The second-order valence-corrected chi connectivity index (χ2v) is 7.98. The summed E-state index contributed by atoms with van der Waals surface area (Å²) in [6, 6.07) is 3.42. The predicted molar refractivity (Wildman–Crippen MR) is 84.9 cm³/mol. The molecule has 1 aromatic heterocycles. The lowest BCUT2D eigenvalue weighted by molar-refractivity contribution is 0.278. The van der Waals surface area contributed by atoms with Crippen LogP contribution >= 0.6 is 47.8 Å². The van der Waals surface area contributed by atoms with Crippen molar-refractivity contribution >= 4 is 63.5 Å². The van der Waals surface area contributed by atoms with Gasteiger partial charge in [0.15, 0.2) is 5.03 Å². The van der Waals surface area contributed by atoms with Crippen molar-refractivity contribution in [2.75, 3.05) is 4.72 Å². The number of aliphatic hydroxyl groups excluding tert-OH is 1. The van der Waals surface area contributed by atoms with Crippen LogP contribution in [0.1, 0.15) is 5.56 Å². The van der Waals surface area contributed by atoms with Gasteiger partial charge in [-0.1, -0.05) is 15.9 Å². The van der Waals surface area contributed by atoms with Gasteiger partial charge in [0.05, 0.1) is 18.5 Å². The topological polar surface area (TPSA) is 95.1 Å². The molecule has 2 rings (SSSR count). The highest BCUT2D eigenvalue weighted by atomic mass is 79.9. The van der Waals surface area contributed by atoms with Crippen LogP contribution in [0.5, 0.6) is 0 Å². The summed E-state index contributed by atoms with van der Waals surface area (Å²) in [5.74, 6) is 0. The number of nitrogens with zero attached hydrogens (tertiary/aromatic N) is 1. The molecule has 6 nitrogen and oxygen atoms in total. The maximum atomic E-state index is 12.3. The van der Waals surface area contributed by atoms with E-state index in [2.05, 4.69) is 62.7 Å². The second-order valence-electron chi connectivity index (χ2n) is 3.73. The Kier molecular flexibility index (Phi) is 4.90. The summed E-state index contributed by atoms with van der Waals surface area (Å²) in [4.78, 5) is 0. The molecule has 0 bridgehead atoms. The summed E-state index contributed by atoms with van der Waals surface area (Å²) in [5.41, 5.74) is 0.550. The predicted octanol–water partition coefficient (Wildman–Crippen LogP) is 2.99. The molecular formula is C10H8Br3N3O3S. The fraction of sp³-hybridized carbons (Fsp3) is 0.100. The van der Waals surface area contributed by atoms with Gasteiger partial charge < -0.3 is 5.11 Å². The molecule has 10 heteroatoms. The van der Waals surface area contributed by atoms with Crippen LogP contribution in [0.25, 0.3) is 0 Å². The van der Waals surface area contributed by atoms with Crippen LogP contribution in [0.3, 0.4) is 0 Å². The number of anilines is 1. The smallest absolute Gasteiger partial charge is 0.279 e. The van der Waals surface area contributed by atoms with Crippen molar-refractivity contribution in [3.05, 3.63) is 37.3 Å². The summed E-state index contributed by atoms with van der Waals surface area (Å²) in [6.45, 7) is -0.421. The van der Waals surface area contributed by atoms with Gasteiger partial charge >= 0.3 is 0 Å². The van der Waals surface area contributed by atoms with Gasteiger partial charge in [0, 0.05) is 19.0 Å². The molecule has 0 aliphatic rings. The van der Waals surface area contributed by atoms with Crippen molar-refractivity contribution in [1.29, 1.82) is 0 Å². The lowest BCUT2D eigenvalue weighted by Gasteiger charge is -2.11. The third kappa shape index (κ3) is 3.25. The zero-order valence-electron chi connectivity index (χ0n) is 9.69. The number of hydrogen-bond donors (Lipinski definition) is 3. The highest BCUT2D eigenvalue weighted by Gasteiger charge is 2.22. The number of aromatic amines is 1. The zero-order valence-corrected chi connectivity index (χ0v) is 15.3. The van der Waals surface area contributed by atoms with Gasteiger partial charge in [0.1, 0.15) is 0 Å². The second kappa shape index (κ2) is 6.14. The summed E-state index contributed by atoms with van der Waals surface area (Å²) in [7, 11) is -3.87. The van der Waals surface area contributed by atoms with Crippen LogP contribution < -0.4 is 4.72 Å². The highest BCUT2D eigenvalue weighted by molar-refractivity contribution is 9.11. The zero-order chi connectivity index (χ0) is 14.9. The van der Waals surface area contributed by atoms with Crippen LogP contribution in [-0.2, 0) is 16.6 Å². The molecule has 0 aliphatic heterocycles. The van der Waals surface area contributed by atoms with E-state index in [1.54, 1.807) is 12.1 Å². The number of rotatable bonds is 4. The standard InChI is InChI=1S/C10H8Br3N3O3S/c11-6-1-7(12)9(8(13)2-6)16-20(18,19)10-5(4-17)3-14-15-10/h1-3,16-17H,4H2,(H,14,15). The summed E-state index contributed by atoms with van der Waals surface area (Å²) in [6.07, 6.45) is 1.26. The molecule has 108 valence electrons. The van der Waals surface area contributed by atoms with E-state index in [0.717, 1.165) is 4.47 Å². The van der Waals surface area contributed by atoms with Gasteiger partial charge in [-0.25, -0.2) is 0 Å². The highest BCUT2D eigenvalue weighted by Crippen LogP contribution is 2.35. The molecule has 0 spiro atoms. The normalized spacial score (nSPS) is 11.6. The molecule has 0 saturated carbocycles. The fourth-order valence-electron chi connectivity index (χ4n) is 1.47. The minimum absolute atomic E-state index is 0.165. The Morgan fingerprint density at radius 1 is 1.25 bits per heavy atom. The summed E-state index contributed by atoms with van der Waals surface area (Å²) >= 11 is 9.88. The maximum absolute atomic E-state index is 12.3. The average molecular weight is 490 g/mol. The van der Waals surface area contributed by atoms with Crippen molar-refractivity contribution in [2.24, 2.45) is 0 Å². The monoisotopic (exact) mass is 487 g/mol. The molecule has 0 unspecified atom stereocenters. The molecule has 2 aromatic rings. The molecule has 0 fully saturated rings. The quantitative estimate of drug-likeness (QED) is 0.615. The molecule has 0 atom stereocenters. The van der Waals surface area contributed by atoms with E-state index in [4.69, 9.17) is 5.11 Å². The number of sulfonamides is 1. The Bertz CT molecular complexity index is 722. The van der Waals surface area contributed by atoms with E-state index in [0.29, 0.717) is 14.6 Å². The Hall–Kier alpha value is -0.420. The number of H-pyrrole nitrogens is 1. The molecule has 1 aromatic carbocycles. The number of hydrogen-bond acceptors (Lipinski definition) is 4. The van der Waals surface area contributed by atoms with Crippen molar-refractivity contribution in [3.8, 4) is 0 Å². The van der Waals surface area contributed by atoms with Crippen molar-refractivity contribution in [3.63, 3.8) is 0 Å². The number of nitrogens with one attached hydrogen (secondary N) is 2. The van der Waals surface area contributed by atoms with E-state index >= 15 is 0 Å². The molecule has 0 amide bonds. The number of aliphatic hydroxyl groups is 1. The molecular weight excluding hydrogens is 482 g/mol. The van der Waals surface area contributed by atoms with Crippen molar-refractivity contribution < 1.29 is 13.5 Å². The SMILES string of the molecule is O=S(=O)(Nc1c(Br)cc(Br)cc1Br)c1[nH]ncc1CO. The van der Waals surface area contributed by atoms with Gasteiger partial charge in [-0.3, -0.25) is 9.82 Å². The molecule has 1 heterocycles. The first-order valence-corrected chi connectivity index (χ1v) is 9.02. The first kappa shape index (κ1) is 16.0. The third-order valence-corrected chi connectivity index (χ3v) is 5.43. The van der Waals surface area contributed by atoms with Gasteiger partial charge in [0.25, 0.3) is 10.0 Å². The van der Waals surface area contributed by atoms with Gasteiger partial charge in [-0.2, -0.15) is 13.5 Å². The molecule has 0 aliphatic carbocycles. The lowest BCUT2D eigenvalue weighted by Crippen LogP contribution is -2.16. The van der Waals surface area contributed by atoms with Crippen LogP contribution in [0, 0.1) is 0 Å². The molecule has 0 radical (unpaired) electrons. The summed E-state index contributed by atoms with van der Waals surface area (Å²) in [5, 5.41) is 14.9. The largest absolute Gasteiger partial charge is 0.392 e. The molecule has 20 heavy (non-hydrogen) atoms. The Labute approximate surface area is 140 Å². The fourth-order valence-corrected chi connectivity index (χ4v) is 5.42. The summed E-state index contributed by atoms with van der Waals surface area (Å²) < 4.78 is 28.9. The molecule has 3 N–H and O–H groups in total. The van der Waals surface area contributed by atoms with E-state index < -0.39 is 16.6 Å². The minimum atomic E-state index is -3.87. The lowest BCUT2D eigenvalue weighted by atomic mass is 10.3. The third-order valence-electron chi connectivity index (χ3n) is 2.36. The van der Waals surface area contributed by atoms with Gasteiger partial charge in [0.2, 0.25) is 0 Å². The average Bonchev–Trinajstić information content (AvgIpc) is 2.83. The number of aromatic nitrogens is 2. The van der Waals surface area contributed by atoms with Gasteiger partial charge in [-0.05, 0) is 44.0 Å².